The molecule has 0 bridgehead atoms. The minimum atomic E-state index is -0.538. The molecule has 0 unspecified atom stereocenters. The normalized spacial score (nSPS) is 11.7. The lowest BCUT2D eigenvalue weighted by molar-refractivity contribution is -0.122. The van der Waals surface area contributed by atoms with E-state index in [-0.39, 0.29) is 5.91 Å². The quantitative estimate of drug-likeness (QED) is 0.909. The molecular weight excluding hydrogens is 238 g/mol. The third-order valence-corrected chi connectivity index (χ3v) is 2.74. The van der Waals surface area contributed by atoms with Gasteiger partial charge in [-0.15, -0.1) is 0 Å². The van der Waals surface area contributed by atoms with Crippen molar-refractivity contribution < 1.29 is 9.53 Å². The van der Waals surface area contributed by atoms with Crippen LogP contribution in [-0.2, 0) is 4.79 Å². The van der Waals surface area contributed by atoms with Crippen LogP contribution in [0, 0.1) is 6.92 Å². The highest BCUT2D eigenvalue weighted by atomic mass is 16.5. The zero-order chi connectivity index (χ0) is 13.7. The third-order valence-electron chi connectivity index (χ3n) is 2.74. The van der Waals surface area contributed by atoms with Crippen molar-refractivity contribution in [3.63, 3.8) is 0 Å². The van der Waals surface area contributed by atoms with Crippen LogP contribution in [0.1, 0.15) is 12.5 Å². The maximum absolute atomic E-state index is 12.0. The summed E-state index contributed by atoms with van der Waals surface area (Å²) in [5.74, 6) is 0.529. The molecule has 0 saturated heterocycles. The molecule has 0 fully saturated rings. The number of rotatable bonds is 4. The summed E-state index contributed by atoms with van der Waals surface area (Å²) in [6, 6.07) is 17.0. The largest absolute Gasteiger partial charge is 0.481 e. The van der Waals surface area contributed by atoms with E-state index >= 15 is 0 Å². The van der Waals surface area contributed by atoms with Crippen molar-refractivity contribution in [1.82, 2.24) is 0 Å². The second-order valence-electron chi connectivity index (χ2n) is 4.43. The molecule has 19 heavy (non-hydrogen) atoms. The lowest BCUT2D eigenvalue weighted by Gasteiger charge is -2.14. The minimum absolute atomic E-state index is 0.160. The summed E-state index contributed by atoms with van der Waals surface area (Å²) >= 11 is 0. The number of amides is 1. The molecule has 3 heteroatoms. The summed E-state index contributed by atoms with van der Waals surface area (Å²) in [5.41, 5.74) is 1.94. The van der Waals surface area contributed by atoms with Crippen molar-refractivity contribution >= 4 is 11.6 Å². The van der Waals surface area contributed by atoms with Crippen molar-refractivity contribution in [3.05, 3.63) is 60.2 Å². The van der Waals surface area contributed by atoms with Crippen LogP contribution in [0.5, 0.6) is 5.75 Å². The molecule has 0 aliphatic rings. The number of carbonyl (C=O) groups is 1. The maximum Gasteiger partial charge on any atom is 0.265 e. The number of nitrogens with one attached hydrogen (secondary N) is 1. The van der Waals surface area contributed by atoms with Gasteiger partial charge in [-0.25, -0.2) is 0 Å². The van der Waals surface area contributed by atoms with Gasteiger partial charge in [0.25, 0.3) is 5.91 Å². The third kappa shape index (κ3) is 3.85. The lowest BCUT2D eigenvalue weighted by atomic mass is 10.2. The Morgan fingerprint density at radius 1 is 1.05 bits per heavy atom. The molecule has 1 amide bonds. The first-order valence-corrected chi connectivity index (χ1v) is 6.24. The molecule has 3 nitrogen and oxygen atoms in total. The number of hydrogen-bond acceptors (Lipinski definition) is 2. The highest BCUT2D eigenvalue weighted by molar-refractivity contribution is 5.94. The molecule has 1 atom stereocenters. The number of para-hydroxylation sites is 1. The van der Waals surface area contributed by atoms with Crippen LogP contribution >= 0.6 is 0 Å². The van der Waals surface area contributed by atoms with Crippen molar-refractivity contribution in [2.24, 2.45) is 0 Å². The maximum atomic E-state index is 12.0. The summed E-state index contributed by atoms with van der Waals surface area (Å²) in [5, 5.41) is 2.83. The molecule has 98 valence electrons. The van der Waals surface area contributed by atoms with Gasteiger partial charge in [-0.3, -0.25) is 4.79 Å². The monoisotopic (exact) mass is 255 g/mol. The molecule has 2 aromatic carbocycles. The molecule has 2 rings (SSSR count). The number of aryl methyl sites for hydroxylation is 1. The summed E-state index contributed by atoms with van der Waals surface area (Å²) in [7, 11) is 0. The van der Waals surface area contributed by atoms with E-state index in [2.05, 4.69) is 5.32 Å². The lowest BCUT2D eigenvalue weighted by Crippen LogP contribution is -2.30. The highest BCUT2D eigenvalue weighted by Crippen LogP contribution is 2.13. The Labute approximate surface area is 113 Å². The van der Waals surface area contributed by atoms with Crippen LogP contribution in [0.15, 0.2) is 54.6 Å². The molecule has 0 saturated carbocycles. The fraction of sp³-hybridized carbons (Fsp3) is 0.188. The van der Waals surface area contributed by atoms with E-state index in [0.717, 1.165) is 11.3 Å². The second kappa shape index (κ2) is 6.05. The number of anilines is 1. The second-order valence-corrected chi connectivity index (χ2v) is 4.43. The Kier molecular flexibility index (Phi) is 4.18. The Bertz CT molecular complexity index is 534. The molecule has 0 spiro atoms. The molecule has 0 aliphatic carbocycles. The van der Waals surface area contributed by atoms with E-state index in [9.17, 15) is 4.79 Å². The predicted octanol–water partition coefficient (Wildman–Crippen LogP) is 3.40. The molecule has 0 radical (unpaired) electrons. The van der Waals surface area contributed by atoms with Crippen molar-refractivity contribution in [1.29, 1.82) is 0 Å². The van der Waals surface area contributed by atoms with Gasteiger partial charge in [0.1, 0.15) is 5.75 Å². The fourth-order valence-electron chi connectivity index (χ4n) is 1.64. The molecule has 0 aliphatic heterocycles. The number of benzene rings is 2. The van der Waals surface area contributed by atoms with Crippen molar-refractivity contribution in [2.45, 2.75) is 20.0 Å². The van der Waals surface area contributed by atoms with E-state index in [4.69, 9.17) is 4.74 Å². The average molecular weight is 255 g/mol. The molecular formula is C16H17NO2. The van der Waals surface area contributed by atoms with Crippen LogP contribution in [0.25, 0.3) is 0 Å². The number of carbonyl (C=O) groups excluding carboxylic acids is 1. The zero-order valence-corrected chi connectivity index (χ0v) is 11.1. The molecule has 0 heterocycles. The summed E-state index contributed by atoms with van der Waals surface area (Å²) in [4.78, 5) is 12.0. The average Bonchev–Trinajstić information content (AvgIpc) is 2.42. The number of ether oxygens (including phenoxy) is 1. The predicted molar refractivity (Wildman–Crippen MR) is 76.3 cm³/mol. The van der Waals surface area contributed by atoms with E-state index in [1.54, 1.807) is 6.92 Å². The van der Waals surface area contributed by atoms with Gasteiger partial charge in [0.05, 0.1) is 0 Å². The molecule has 0 aromatic heterocycles. The zero-order valence-electron chi connectivity index (χ0n) is 11.1. The highest BCUT2D eigenvalue weighted by Gasteiger charge is 2.14. The first-order chi connectivity index (χ1) is 9.15. The van der Waals surface area contributed by atoms with Crippen LogP contribution in [0.4, 0.5) is 5.69 Å². The Hall–Kier alpha value is -2.29. The van der Waals surface area contributed by atoms with Crippen LogP contribution in [0.2, 0.25) is 0 Å². The van der Waals surface area contributed by atoms with Gasteiger partial charge in [0.2, 0.25) is 0 Å². The van der Waals surface area contributed by atoms with Gasteiger partial charge in [-0.05, 0) is 38.1 Å². The fourth-order valence-corrected chi connectivity index (χ4v) is 1.64. The molecule has 1 N–H and O–H groups in total. The van der Waals surface area contributed by atoms with Gasteiger partial charge in [0.15, 0.2) is 6.10 Å². The molecule has 2 aromatic rings. The Balaban J connectivity index is 1.94. The Morgan fingerprint density at radius 2 is 1.68 bits per heavy atom. The van der Waals surface area contributed by atoms with Crippen molar-refractivity contribution in [3.8, 4) is 5.75 Å². The van der Waals surface area contributed by atoms with Crippen LogP contribution in [-0.4, -0.2) is 12.0 Å². The van der Waals surface area contributed by atoms with E-state index < -0.39 is 6.10 Å². The summed E-state index contributed by atoms with van der Waals surface area (Å²) < 4.78 is 5.56. The van der Waals surface area contributed by atoms with Gasteiger partial charge in [-0.2, -0.15) is 0 Å². The standard InChI is InChI=1S/C16H17NO2/c1-12-8-10-14(11-9-12)17-16(18)13(2)19-15-6-4-3-5-7-15/h3-11,13H,1-2H3,(H,17,18)/t13-/m0/s1. The smallest absolute Gasteiger partial charge is 0.265 e. The SMILES string of the molecule is Cc1ccc(NC(=O)[C@H](C)Oc2ccccc2)cc1. The van der Waals surface area contributed by atoms with Gasteiger partial charge in [0, 0.05) is 5.69 Å². The van der Waals surface area contributed by atoms with Crippen molar-refractivity contribution in [2.75, 3.05) is 5.32 Å². The first-order valence-electron chi connectivity index (χ1n) is 6.24. The summed E-state index contributed by atoms with van der Waals surface area (Å²) in [6.45, 7) is 3.74. The van der Waals surface area contributed by atoms with E-state index in [1.165, 1.54) is 0 Å². The van der Waals surface area contributed by atoms with Gasteiger partial charge < -0.3 is 10.1 Å². The van der Waals surface area contributed by atoms with Crippen LogP contribution in [0.3, 0.4) is 0 Å². The Morgan fingerprint density at radius 3 is 2.32 bits per heavy atom. The first kappa shape index (κ1) is 13.1. The summed E-state index contributed by atoms with van der Waals surface area (Å²) in [6.07, 6.45) is -0.538. The van der Waals surface area contributed by atoms with E-state index in [0.29, 0.717) is 5.75 Å². The van der Waals surface area contributed by atoms with Gasteiger partial charge in [-0.1, -0.05) is 35.9 Å². The van der Waals surface area contributed by atoms with E-state index in [1.807, 2.05) is 61.5 Å². The topological polar surface area (TPSA) is 38.3 Å². The number of hydrogen-bond donors (Lipinski definition) is 1. The van der Waals surface area contributed by atoms with Crippen LogP contribution < -0.4 is 10.1 Å². The van der Waals surface area contributed by atoms with Gasteiger partial charge >= 0.3 is 0 Å². The minimum Gasteiger partial charge on any atom is -0.481 e.